The van der Waals surface area contributed by atoms with Crippen molar-refractivity contribution in [3.05, 3.63) is 29.8 Å². The molecule has 74 valence electrons. The highest BCUT2D eigenvalue weighted by Crippen LogP contribution is 2.23. The van der Waals surface area contributed by atoms with Crippen LogP contribution in [0.5, 0.6) is 5.75 Å². The fourth-order valence-electron chi connectivity index (χ4n) is 1.44. The molecule has 0 amide bonds. The summed E-state index contributed by atoms with van der Waals surface area (Å²) >= 11 is 0. The van der Waals surface area contributed by atoms with E-state index in [1.165, 1.54) is 0 Å². The van der Waals surface area contributed by atoms with E-state index in [2.05, 4.69) is 11.1 Å². The van der Waals surface area contributed by atoms with Crippen molar-refractivity contribution in [2.75, 3.05) is 12.8 Å². The van der Waals surface area contributed by atoms with E-state index >= 15 is 0 Å². The lowest BCUT2D eigenvalue weighted by Gasteiger charge is -2.04. The van der Waals surface area contributed by atoms with Gasteiger partial charge in [0, 0.05) is 5.39 Å². The van der Waals surface area contributed by atoms with Crippen LogP contribution in [0, 0.1) is 11.3 Å². The van der Waals surface area contributed by atoms with E-state index in [1.54, 1.807) is 31.4 Å². The lowest BCUT2D eigenvalue weighted by molar-refractivity contribution is 0.415. The third kappa shape index (κ3) is 1.55. The molecule has 0 aliphatic heterocycles. The van der Waals surface area contributed by atoms with Crippen molar-refractivity contribution >= 4 is 16.7 Å². The van der Waals surface area contributed by atoms with Crippen LogP contribution in [0.4, 0.5) is 5.82 Å². The molecule has 2 rings (SSSR count). The first-order valence-electron chi connectivity index (χ1n) is 4.39. The van der Waals surface area contributed by atoms with Gasteiger partial charge >= 0.3 is 0 Å². The second kappa shape index (κ2) is 3.46. The van der Waals surface area contributed by atoms with Gasteiger partial charge in [0.25, 0.3) is 0 Å². The van der Waals surface area contributed by atoms with Crippen molar-refractivity contribution in [3.63, 3.8) is 0 Å². The number of nitrogen functional groups attached to an aromatic ring is 1. The summed E-state index contributed by atoms with van der Waals surface area (Å²) in [5.41, 5.74) is 6.79. The molecule has 0 aliphatic rings. The van der Waals surface area contributed by atoms with Crippen LogP contribution in [0.25, 0.3) is 10.9 Å². The van der Waals surface area contributed by atoms with Gasteiger partial charge in [-0.15, -0.1) is 0 Å². The van der Waals surface area contributed by atoms with Gasteiger partial charge in [0.15, 0.2) is 0 Å². The highest BCUT2D eigenvalue weighted by atomic mass is 16.5. The van der Waals surface area contributed by atoms with Gasteiger partial charge in [-0.2, -0.15) is 5.26 Å². The van der Waals surface area contributed by atoms with E-state index in [0.29, 0.717) is 22.6 Å². The molecule has 0 bridgehead atoms. The molecule has 15 heavy (non-hydrogen) atoms. The summed E-state index contributed by atoms with van der Waals surface area (Å²) in [7, 11) is 1.58. The summed E-state index contributed by atoms with van der Waals surface area (Å²) in [5.74, 6) is 1.05. The van der Waals surface area contributed by atoms with E-state index in [9.17, 15) is 0 Å². The van der Waals surface area contributed by atoms with Gasteiger partial charge in [0.05, 0.1) is 24.3 Å². The summed E-state index contributed by atoms with van der Waals surface area (Å²) in [5, 5.41) is 9.71. The third-order valence-electron chi connectivity index (χ3n) is 2.16. The molecule has 1 heterocycles. The Morgan fingerprint density at radius 2 is 2.20 bits per heavy atom. The Hall–Kier alpha value is -2.28. The lowest BCUT2D eigenvalue weighted by Crippen LogP contribution is -1.93. The van der Waals surface area contributed by atoms with Gasteiger partial charge in [0.1, 0.15) is 11.6 Å². The number of pyridine rings is 1. The molecule has 4 heteroatoms. The van der Waals surface area contributed by atoms with Crippen LogP contribution < -0.4 is 10.5 Å². The quantitative estimate of drug-likeness (QED) is 0.758. The monoisotopic (exact) mass is 199 g/mol. The largest absolute Gasteiger partial charge is 0.497 e. The summed E-state index contributed by atoms with van der Waals surface area (Å²) in [4.78, 5) is 4.13. The molecular weight excluding hydrogens is 190 g/mol. The highest BCUT2D eigenvalue weighted by molar-refractivity contribution is 5.87. The Morgan fingerprint density at radius 3 is 2.87 bits per heavy atom. The Kier molecular flexibility index (Phi) is 2.14. The van der Waals surface area contributed by atoms with Gasteiger partial charge < -0.3 is 10.5 Å². The predicted octanol–water partition coefficient (Wildman–Crippen LogP) is 1.70. The first kappa shape index (κ1) is 9.28. The number of nitrogens with two attached hydrogens (primary N) is 1. The van der Waals surface area contributed by atoms with E-state index in [-0.39, 0.29) is 0 Å². The Morgan fingerprint density at radius 1 is 1.40 bits per heavy atom. The van der Waals surface area contributed by atoms with Crippen molar-refractivity contribution in [2.24, 2.45) is 0 Å². The number of nitrogens with zero attached hydrogens (tertiary/aromatic N) is 2. The highest BCUT2D eigenvalue weighted by Gasteiger charge is 2.04. The molecule has 2 N–H and O–H groups in total. The van der Waals surface area contributed by atoms with Crippen LogP contribution in [0.15, 0.2) is 24.3 Å². The molecule has 1 aromatic carbocycles. The maximum absolute atomic E-state index is 8.95. The van der Waals surface area contributed by atoms with Crippen LogP contribution in [-0.4, -0.2) is 12.1 Å². The molecule has 0 unspecified atom stereocenters. The van der Waals surface area contributed by atoms with Gasteiger partial charge in [-0.25, -0.2) is 4.98 Å². The molecule has 1 aromatic heterocycles. The molecule has 2 aromatic rings. The molecule has 0 spiro atoms. The molecule has 0 fully saturated rings. The zero-order valence-corrected chi connectivity index (χ0v) is 8.19. The summed E-state index contributed by atoms with van der Waals surface area (Å²) in [6.07, 6.45) is 0. The molecule has 0 saturated carbocycles. The Balaban J connectivity index is 2.81. The zero-order valence-electron chi connectivity index (χ0n) is 8.19. The zero-order chi connectivity index (χ0) is 10.8. The maximum atomic E-state index is 8.95. The third-order valence-corrected chi connectivity index (χ3v) is 2.16. The summed E-state index contributed by atoms with van der Waals surface area (Å²) in [6.45, 7) is 0. The van der Waals surface area contributed by atoms with Crippen LogP contribution >= 0.6 is 0 Å². The second-order valence-electron chi connectivity index (χ2n) is 3.09. The molecular formula is C11H9N3O. The lowest BCUT2D eigenvalue weighted by atomic mass is 10.1. The molecule has 0 radical (unpaired) electrons. The number of nitriles is 1. The average molecular weight is 199 g/mol. The Bertz CT molecular complexity index is 557. The van der Waals surface area contributed by atoms with Crippen molar-refractivity contribution in [1.29, 1.82) is 5.26 Å². The van der Waals surface area contributed by atoms with E-state index in [0.717, 1.165) is 5.39 Å². The van der Waals surface area contributed by atoms with E-state index in [1.807, 2.05) is 0 Å². The van der Waals surface area contributed by atoms with Gasteiger partial charge in [-0.3, -0.25) is 0 Å². The van der Waals surface area contributed by atoms with Crippen molar-refractivity contribution in [1.82, 2.24) is 4.98 Å². The standard InChI is InChI=1S/C11H9N3O/c1-15-8-2-3-10-9(5-8)7(6-12)4-11(13)14-10/h2-5H,1H3,(H2,13,14). The number of methoxy groups -OCH3 is 1. The minimum atomic E-state index is 0.351. The number of hydrogen-bond donors (Lipinski definition) is 1. The number of rotatable bonds is 1. The molecule has 4 nitrogen and oxygen atoms in total. The van der Waals surface area contributed by atoms with Crippen LogP contribution in [0.1, 0.15) is 5.56 Å². The minimum Gasteiger partial charge on any atom is -0.497 e. The number of benzene rings is 1. The average Bonchev–Trinajstić information content (AvgIpc) is 2.27. The van der Waals surface area contributed by atoms with Crippen LogP contribution in [-0.2, 0) is 0 Å². The topological polar surface area (TPSA) is 71.9 Å². The number of ether oxygens (including phenoxy) is 1. The van der Waals surface area contributed by atoms with Crippen molar-refractivity contribution in [2.45, 2.75) is 0 Å². The number of anilines is 1. The molecule has 0 saturated heterocycles. The Labute approximate surface area is 86.9 Å². The second-order valence-corrected chi connectivity index (χ2v) is 3.09. The van der Waals surface area contributed by atoms with Gasteiger partial charge in [0.2, 0.25) is 0 Å². The van der Waals surface area contributed by atoms with Gasteiger partial charge in [-0.05, 0) is 24.3 Å². The van der Waals surface area contributed by atoms with Gasteiger partial charge in [-0.1, -0.05) is 0 Å². The normalized spacial score (nSPS) is 9.87. The minimum absolute atomic E-state index is 0.351. The van der Waals surface area contributed by atoms with Crippen molar-refractivity contribution < 1.29 is 4.74 Å². The van der Waals surface area contributed by atoms with E-state index in [4.69, 9.17) is 15.7 Å². The van der Waals surface area contributed by atoms with Crippen molar-refractivity contribution in [3.8, 4) is 11.8 Å². The first-order valence-corrected chi connectivity index (χ1v) is 4.39. The maximum Gasteiger partial charge on any atom is 0.125 e. The SMILES string of the molecule is COc1ccc2nc(N)cc(C#N)c2c1. The molecule has 0 aliphatic carbocycles. The van der Waals surface area contributed by atoms with Crippen LogP contribution in [0.3, 0.4) is 0 Å². The first-order chi connectivity index (χ1) is 7.24. The van der Waals surface area contributed by atoms with Crippen LogP contribution in [0.2, 0.25) is 0 Å². The molecule has 0 atom stereocenters. The predicted molar refractivity (Wildman–Crippen MR) is 57.4 cm³/mol. The number of hydrogen-bond acceptors (Lipinski definition) is 4. The number of aromatic nitrogens is 1. The summed E-state index contributed by atoms with van der Waals surface area (Å²) < 4.78 is 5.08. The number of fused-ring (bicyclic) bond motifs is 1. The smallest absolute Gasteiger partial charge is 0.125 e. The van der Waals surface area contributed by atoms with E-state index < -0.39 is 0 Å². The fraction of sp³-hybridized carbons (Fsp3) is 0.0909. The fourth-order valence-corrected chi connectivity index (χ4v) is 1.44. The summed E-state index contributed by atoms with van der Waals surface area (Å²) in [6, 6.07) is 8.99.